The van der Waals surface area contributed by atoms with Gasteiger partial charge in [-0.05, 0) is 30.4 Å². The molecular weight excluding hydrogens is 306 g/mol. The lowest BCUT2D eigenvalue weighted by Crippen LogP contribution is -2.34. The van der Waals surface area contributed by atoms with E-state index >= 15 is 0 Å². The minimum absolute atomic E-state index is 0. The average molecular weight is 324 g/mol. The van der Waals surface area contributed by atoms with Crippen molar-refractivity contribution in [2.45, 2.75) is 31.8 Å². The summed E-state index contributed by atoms with van der Waals surface area (Å²) in [6, 6.07) is 8.44. The van der Waals surface area contributed by atoms with Crippen LogP contribution in [0.15, 0.2) is 35.8 Å². The molecule has 0 saturated carbocycles. The normalized spacial score (nSPS) is 16.7. The van der Waals surface area contributed by atoms with Gasteiger partial charge in [-0.3, -0.25) is 10.2 Å². The maximum atomic E-state index is 12.1. The summed E-state index contributed by atoms with van der Waals surface area (Å²) in [6.07, 6.45) is 4.97. The number of carbonyl (C=O) groups excluding carboxylic acids is 1. The molecular formula is C15H18ClN3OS. The number of benzene rings is 1. The van der Waals surface area contributed by atoms with E-state index in [1.807, 2.05) is 11.4 Å². The summed E-state index contributed by atoms with van der Waals surface area (Å²) in [6.45, 7) is 0.223. The third kappa shape index (κ3) is 3.54. The van der Waals surface area contributed by atoms with Crippen molar-refractivity contribution in [2.24, 2.45) is 0 Å². The first kappa shape index (κ1) is 15.8. The second-order valence-electron chi connectivity index (χ2n) is 5.05. The van der Waals surface area contributed by atoms with Crippen molar-refractivity contribution in [3.63, 3.8) is 0 Å². The zero-order valence-corrected chi connectivity index (χ0v) is 13.2. The maximum Gasteiger partial charge on any atom is 0.240 e. The van der Waals surface area contributed by atoms with Crippen molar-refractivity contribution in [1.82, 2.24) is 9.88 Å². The lowest BCUT2D eigenvalue weighted by molar-refractivity contribution is -0.122. The van der Waals surface area contributed by atoms with Gasteiger partial charge in [0, 0.05) is 11.6 Å². The number of fused-ring (bicyclic) bond motifs is 1. The number of nitrogens with one attached hydrogen (secondary N) is 2. The molecule has 6 heteroatoms. The van der Waals surface area contributed by atoms with Crippen LogP contribution in [0.5, 0.6) is 0 Å². The molecule has 1 aliphatic carbocycles. The van der Waals surface area contributed by atoms with Crippen LogP contribution in [0, 0.1) is 5.41 Å². The van der Waals surface area contributed by atoms with Crippen LogP contribution < -0.4 is 10.1 Å². The number of carbonyl (C=O) groups is 1. The van der Waals surface area contributed by atoms with Crippen LogP contribution in [0.25, 0.3) is 0 Å². The summed E-state index contributed by atoms with van der Waals surface area (Å²) in [4.78, 5) is 12.5. The number of aromatic nitrogens is 1. The van der Waals surface area contributed by atoms with Gasteiger partial charge in [0.05, 0.1) is 6.04 Å². The van der Waals surface area contributed by atoms with Gasteiger partial charge in [-0.25, -0.2) is 0 Å². The molecule has 1 aromatic carbocycles. The Morgan fingerprint density at radius 2 is 2.24 bits per heavy atom. The Balaban J connectivity index is 0.00000161. The number of halogens is 1. The van der Waals surface area contributed by atoms with Crippen molar-refractivity contribution in [2.75, 3.05) is 0 Å². The SMILES string of the molecule is Cl.N=c1sccn1CC(=O)NC1CCCc2ccccc21. The predicted octanol–water partition coefficient (Wildman–Crippen LogP) is 2.64. The Morgan fingerprint density at radius 1 is 1.43 bits per heavy atom. The molecule has 0 radical (unpaired) electrons. The van der Waals surface area contributed by atoms with E-state index in [-0.39, 0.29) is 30.9 Å². The Hall–Kier alpha value is -1.59. The third-order valence-corrected chi connectivity index (χ3v) is 4.42. The number of thiazole rings is 1. The molecule has 1 aliphatic rings. The van der Waals surface area contributed by atoms with Crippen LogP contribution in [0.2, 0.25) is 0 Å². The molecule has 1 aromatic heterocycles. The monoisotopic (exact) mass is 323 g/mol. The van der Waals surface area contributed by atoms with Crippen molar-refractivity contribution in [3.05, 3.63) is 51.8 Å². The zero-order chi connectivity index (χ0) is 13.9. The van der Waals surface area contributed by atoms with Crippen LogP contribution in [-0.4, -0.2) is 10.5 Å². The number of aryl methyl sites for hydroxylation is 1. The second kappa shape index (κ2) is 6.91. The van der Waals surface area contributed by atoms with Crippen LogP contribution in [-0.2, 0) is 17.8 Å². The highest BCUT2D eigenvalue weighted by Gasteiger charge is 2.21. The molecule has 2 aromatic rings. The van der Waals surface area contributed by atoms with E-state index in [9.17, 15) is 4.79 Å². The summed E-state index contributed by atoms with van der Waals surface area (Å²) in [7, 11) is 0. The van der Waals surface area contributed by atoms with Crippen molar-refractivity contribution in [1.29, 1.82) is 5.41 Å². The summed E-state index contributed by atoms with van der Waals surface area (Å²) in [5, 5.41) is 12.6. The number of nitrogens with zero attached hydrogens (tertiary/aromatic N) is 1. The molecule has 1 atom stereocenters. The van der Waals surface area contributed by atoms with E-state index in [4.69, 9.17) is 5.41 Å². The fourth-order valence-corrected chi connectivity index (χ4v) is 3.32. The standard InChI is InChI=1S/C15H17N3OS.ClH/c16-15-18(8-9-20-15)10-14(19)17-13-7-3-5-11-4-1-2-6-12(11)13;/h1-2,4,6,8-9,13,16H,3,5,7,10H2,(H,17,19);1H. The Kier molecular flexibility index (Phi) is 5.20. The maximum absolute atomic E-state index is 12.1. The summed E-state index contributed by atoms with van der Waals surface area (Å²) < 4.78 is 1.66. The number of rotatable bonds is 3. The molecule has 0 aliphatic heterocycles. The highest BCUT2D eigenvalue weighted by atomic mass is 35.5. The predicted molar refractivity (Wildman–Crippen MR) is 85.7 cm³/mol. The number of hydrogen-bond acceptors (Lipinski definition) is 3. The quantitative estimate of drug-likeness (QED) is 0.896. The minimum atomic E-state index is -0.0244. The highest BCUT2D eigenvalue weighted by Crippen LogP contribution is 2.29. The molecule has 2 N–H and O–H groups in total. The highest BCUT2D eigenvalue weighted by molar-refractivity contribution is 7.06. The van der Waals surface area contributed by atoms with E-state index in [0.29, 0.717) is 4.80 Å². The molecule has 4 nitrogen and oxygen atoms in total. The van der Waals surface area contributed by atoms with Gasteiger partial charge in [-0.15, -0.1) is 23.7 Å². The fourth-order valence-electron chi connectivity index (χ4n) is 2.73. The molecule has 1 amide bonds. The minimum Gasteiger partial charge on any atom is -0.348 e. The van der Waals surface area contributed by atoms with Gasteiger partial charge in [-0.2, -0.15) is 0 Å². The first-order valence-corrected chi connectivity index (χ1v) is 7.68. The lowest BCUT2D eigenvalue weighted by Gasteiger charge is -2.26. The molecule has 21 heavy (non-hydrogen) atoms. The average Bonchev–Trinajstić information content (AvgIpc) is 2.85. The molecule has 0 fully saturated rings. The van der Waals surface area contributed by atoms with Gasteiger partial charge >= 0.3 is 0 Å². The Bertz CT molecular complexity index is 679. The molecule has 1 unspecified atom stereocenters. The van der Waals surface area contributed by atoms with E-state index in [0.717, 1.165) is 19.3 Å². The first-order chi connectivity index (χ1) is 9.74. The van der Waals surface area contributed by atoms with Crippen LogP contribution in [0.3, 0.4) is 0 Å². The zero-order valence-electron chi connectivity index (χ0n) is 11.5. The van der Waals surface area contributed by atoms with Crippen molar-refractivity contribution in [3.8, 4) is 0 Å². The first-order valence-electron chi connectivity index (χ1n) is 6.80. The summed E-state index contributed by atoms with van der Waals surface area (Å²) in [5.74, 6) is -0.0244. The van der Waals surface area contributed by atoms with Gasteiger partial charge in [0.15, 0.2) is 4.80 Å². The number of hydrogen-bond donors (Lipinski definition) is 2. The van der Waals surface area contributed by atoms with Crippen LogP contribution in [0.4, 0.5) is 0 Å². The van der Waals surface area contributed by atoms with Gasteiger partial charge in [-0.1, -0.05) is 24.3 Å². The van der Waals surface area contributed by atoms with Gasteiger partial charge in [0.25, 0.3) is 0 Å². The van der Waals surface area contributed by atoms with E-state index in [1.54, 1.807) is 10.8 Å². The Labute approximate surface area is 133 Å². The lowest BCUT2D eigenvalue weighted by atomic mass is 9.88. The van der Waals surface area contributed by atoms with Crippen LogP contribution >= 0.6 is 23.7 Å². The third-order valence-electron chi connectivity index (χ3n) is 3.70. The fraction of sp³-hybridized carbons (Fsp3) is 0.333. The van der Waals surface area contributed by atoms with Gasteiger partial charge in [0.1, 0.15) is 6.54 Å². The molecule has 0 bridgehead atoms. The van der Waals surface area contributed by atoms with E-state index < -0.39 is 0 Å². The van der Waals surface area contributed by atoms with Gasteiger partial charge < -0.3 is 9.88 Å². The van der Waals surface area contributed by atoms with E-state index in [1.165, 1.54) is 22.5 Å². The summed E-state index contributed by atoms with van der Waals surface area (Å²) >= 11 is 1.33. The topological polar surface area (TPSA) is 57.9 Å². The molecule has 0 spiro atoms. The van der Waals surface area contributed by atoms with Gasteiger partial charge in [0.2, 0.25) is 5.91 Å². The van der Waals surface area contributed by atoms with E-state index in [2.05, 4.69) is 23.5 Å². The molecule has 112 valence electrons. The Morgan fingerprint density at radius 3 is 3.00 bits per heavy atom. The summed E-state index contributed by atoms with van der Waals surface area (Å²) in [5.41, 5.74) is 2.59. The largest absolute Gasteiger partial charge is 0.348 e. The molecule has 1 heterocycles. The molecule has 0 saturated heterocycles. The van der Waals surface area contributed by atoms with Crippen LogP contribution in [0.1, 0.15) is 30.0 Å². The second-order valence-corrected chi connectivity index (χ2v) is 5.94. The van der Waals surface area contributed by atoms with Crippen molar-refractivity contribution >= 4 is 29.7 Å². The smallest absolute Gasteiger partial charge is 0.240 e. The number of amides is 1. The molecule has 3 rings (SSSR count). The van der Waals surface area contributed by atoms with Crippen molar-refractivity contribution < 1.29 is 4.79 Å².